The summed E-state index contributed by atoms with van der Waals surface area (Å²) in [5.41, 5.74) is -9.28. The van der Waals surface area contributed by atoms with Crippen molar-refractivity contribution in [3.8, 4) is 0 Å². The second kappa shape index (κ2) is 6.37. The van der Waals surface area contributed by atoms with E-state index < -0.39 is 62.9 Å². The fraction of sp³-hybridized carbons (Fsp3) is 0.826. The van der Waals surface area contributed by atoms with Crippen LogP contribution < -0.4 is 0 Å². The zero-order chi connectivity index (χ0) is 23.1. The van der Waals surface area contributed by atoms with Gasteiger partial charge in [0, 0.05) is 18.8 Å². The van der Waals surface area contributed by atoms with Gasteiger partial charge in [-0.15, -0.1) is 6.58 Å². The van der Waals surface area contributed by atoms with Crippen LogP contribution in [0.15, 0.2) is 12.7 Å². The number of ketones is 1. The average molecular weight is 425 g/mol. The third-order valence-corrected chi connectivity index (χ3v) is 8.98. The number of aliphatic hydroxyl groups is 4. The van der Waals surface area contributed by atoms with Crippen LogP contribution in [0.25, 0.3) is 0 Å². The molecule has 0 amide bonds. The van der Waals surface area contributed by atoms with Gasteiger partial charge in [0.15, 0.2) is 5.78 Å². The Bertz CT molecular complexity index is 792. The minimum absolute atomic E-state index is 0.0374. The Morgan fingerprint density at radius 3 is 2.23 bits per heavy atom. The fourth-order valence-corrected chi connectivity index (χ4v) is 7.28. The summed E-state index contributed by atoms with van der Waals surface area (Å²) in [6.45, 7) is 13.4. The topological polar surface area (TPSA) is 124 Å². The second-order valence-electron chi connectivity index (χ2n) is 11.1. The molecule has 0 heterocycles. The zero-order valence-electron chi connectivity index (χ0n) is 18.9. The zero-order valence-corrected chi connectivity index (χ0v) is 18.9. The average Bonchev–Trinajstić information content (AvgIpc) is 2.64. The predicted molar refractivity (Wildman–Crippen MR) is 109 cm³/mol. The number of Topliss-reactive ketones (excluding diaryl/α,β-unsaturated/α-hetero) is 1. The minimum Gasteiger partial charge on any atom is -0.459 e. The van der Waals surface area contributed by atoms with Crippen LogP contribution in [0.5, 0.6) is 0 Å². The predicted octanol–water partition coefficient (Wildman–Crippen LogP) is 1.50. The summed E-state index contributed by atoms with van der Waals surface area (Å²) in [4.78, 5) is 25.7. The van der Waals surface area contributed by atoms with Crippen LogP contribution in [0.3, 0.4) is 0 Å². The lowest BCUT2D eigenvalue weighted by Crippen LogP contribution is -2.89. The van der Waals surface area contributed by atoms with E-state index in [1.165, 1.54) is 13.8 Å². The van der Waals surface area contributed by atoms with E-state index in [0.717, 1.165) is 0 Å². The molecular weight excluding hydrogens is 388 g/mol. The minimum atomic E-state index is -2.24. The van der Waals surface area contributed by atoms with Crippen molar-refractivity contribution in [1.82, 2.24) is 0 Å². The van der Waals surface area contributed by atoms with E-state index >= 15 is 0 Å². The van der Waals surface area contributed by atoms with Crippen molar-refractivity contribution in [3.63, 3.8) is 0 Å². The summed E-state index contributed by atoms with van der Waals surface area (Å²) in [6, 6.07) is 0. The first-order chi connectivity index (χ1) is 13.5. The standard InChI is InChI=1S/C23H36O7/c1-8-19(5)11-15(26)22(28)20(6,12-19)17(30-13(2)24)16(27)23(29)18(3,4)10-9-14(25)21(22,23)7/h8,14,16-17,25,27-29H,1,9-12H2,2-7H3/t14?,16-,17+,19+,20-,21-,22?,23-/m1/s1. The summed E-state index contributed by atoms with van der Waals surface area (Å²) in [5.74, 6) is -1.25. The van der Waals surface area contributed by atoms with Crippen LogP contribution in [-0.2, 0) is 14.3 Å². The molecule has 0 saturated heterocycles. The number of fused-ring (bicyclic) bond motifs is 3. The first-order valence-corrected chi connectivity index (χ1v) is 10.6. The summed E-state index contributed by atoms with van der Waals surface area (Å²) in [7, 11) is 0. The number of rotatable bonds is 2. The number of aliphatic hydroxyl groups excluding tert-OH is 2. The highest BCUT2D eigenvalue weighted by atomic mass is 16.6. The van der Waals surface area contributed by atoms with E-state index in [9.17, 15) is 30.0 Å². The molecule has 3 aliphatic carbocycles. The molecule has 0 aromatic carbocycles. The van der Waals surface area contributed by atoms with Gasteiger partial charge in [0.05, 0.1) is 11.5 Å². The van der Waals surface area contributed by atoms with Crippen LogP contribution in [0, 0.1) is 21.7 Å². The highest BCUT2D eigenvalue weighted by Crippen LogP contribution is 2.71. The summed E-state index contributed by atoms with van der Waals surface area (Å²) in [6.07, 6.45) is -1.84. The van der Waals surface area contributed by atoms with Gasteiger partial charge in [0.25, 0.3) is 0 Å². The highest BCUT2D eigenvalue weighted by molar-refractivity contribution is 5.92. The first-order valence-electron chi connectivity index (χ1n) is 10.6. The molecule has 3 rings (SSSR count). The largest absolute Gasteiger partial charge is 0.459 e. The first kappa shape index (κ1) is 23.4. The summed E-state index contributed by atoms with van der Waals surface area (Å²) < 4.78 is 5.54. The molecule has 0 aromatic rings. The molecule has 0 radical (unpaired) electrons. The molecule has 7 nitrogen and oxygen atoms in total. The van der Waals surface area contributed by atoms with Crippen LogP contribution in [0.1, 0.15) is 67.2 Å². The molecule has 2 unspecified atom stereocenters. The van der Waals surface area contributed by atoms with Gasteiger partial charge in [-0.1, -0.05) is 40.7 Å². The Hall–Kier alpha value is -1.28. The number of esters is 1. The molecule has 0 bridgehead atoms. The van der Waals surface area contributed by atoms with Crippen molar-refractivity contribution in [2.24, 2.45) is 21.7 Å². The monoisotopic (exact) mass is 424 g/mol. The molecule has 3 aliphatic rings. The normalized spacial score (nSPS) is 52.7. The van der Waals surface area contributed by atoms with E-state index in [4.69, 9.17) is 4.74 Å². The third kappa shape index (κ3) is 2.35. The summed E-state index contributed by atoms with van der Waals surface area (Å²) >= 11 is 0. The molecule has 0 aliphatic heterocycles. The maximum Gasteiger partial charge on any atom is 0.303 e. The van der Waals surface area contributed by atoms with Gasteiger partial charge in [-0.25, -0.2) is 0 Å². The lowest BCUT2D eigenvalue weighted by Gasteiger charge is -2.74. The summed E-state index contributed by atoms with van der Waals surface area (Å²) in [5, 5.41) is 47.1. The van der Waals surface area contributed by atoms with E-state index in [1.807, 2.05) is 6.92 Å². The van der Waals surface area contributed by atoms with Crippen molar-refractivity contribution in [2.75, 3.05) is 0 Å². The number of hydrogen-bond acceptors (Lipinski definition) is 7. The molecule has 170 valence electrons. The maximum atomic E-state index is 13.7. The molecule has 7 heteroatoms. The smallest absolute Gasteiger partial charge is 0.303 e. The van der Waals surface area contributed by atoms with E-state index in [-0.39, 0.29) is 19.3 Å². The lowest BCUT2D eigenvalue weighted by molar-refractivity contribution is -0.387. The lowest BCUT2D eigenvalue weighted by atomic mass is 9.33. The number of ether oxygens (including phenoxy) is 1. The second-order valence-corrected chi connectivity index (χ2v) is 11.1. The fourth-order valence-electron chi connectivity index (χ4n) is 7.28. The molecule has 4 N–H and O–H groups in total. The van der Waals surface area contributed by atoms with Crippen LogP contribution >= 0.6 is 0 Å². The van der Waals surface area contributed by atoms with Gasteiger partial charge in [-0.3, -0.25) is 9.59 Å². The van der Waals surface area contributed by atoms with Crippen LogP contribution in [-0.4, -0.2) is 61.7 Å². The van der Waals surface area contributed by atoms with Gasteiger partial charge in [0.2, 0.25) is 0 Å². The Kier molecular flexibility index (Phi) is 4.97. The van der Waals surface area contributed by atoms with Crippen molar-refractivity contribution in [2.45, 2.75) is 96.7 Å². The SMILES string of the molecule is C=C[C@@]1(C)CC(=O)C2(O)[C@](C)(C1)[C@@H](OC(C)=O)[C@@H](O)[C@@]1(O)C(C)(C)CCC(O)[C@]21C. The van der Waals surface area contributed by atoms with Crippen molar-refractivity contribution < 1.29 is 34.8 Å². The number of carbonyl (C=O) groups is 2. The maximum absolute atomic E-state index is 13.7. The van der Waals surface area contributed by atoms with Gasteiger partial charge >= 0.3 is 5.97 Å². The number of allylic oxidation sites excluding steroid dienone is 1. The Labute approximate surface area is 178 Å². The van der Waals surface area contributed by atoms with Crippen molar-refractivity contribution >= 4 is 11.8 Å². The van der Waals surface area contributed by atoms with E-state index in [0.29, 0.717) is 6.42 Å². The third-order valence-electron chi connectivity index (χ3n) is 8.98. The van der Waals surface area contributed by atoms with Crippen LogP contribution in [0.2, 0.25) is 0 Å². The molecule has 0 spiro atoms. The molecule has 3 saturated carbocycles. The number of carbonyl (C=O) groups excluding carboxylic acids is 2. The van der Waals surface area contributed by atoms with Crippen LogP contribution in [0.4, 0.5) is 0 Å². The Morgan fingerprint density at radius 2 is 1.73 bits per heavy atom. The van der Waals surface area contributed by atoms with Crippen molar-refractivity contribution in [3.05, 3.63) is 12.7 Å². The van der Waals surface area contributed by atoms with Gasteiger partial charge in [0.1, 0.15) is 23.4 Å². The molecular formula is C23H36O7. The van der Waals surface area contributed by atoms with E-state index in [1.54, 1.807) is 26.8 Å². The van der Waals surface area contributed by atoms with Crippen molar-refractivity contribution in [1.29, 1.82) is 0 Å². The van der Waals surface area contributed by atoms with Gasteiger partial charge < -0.3 is 25.2 Å². The van der Waals surface area contributed by atoms with E-state index in [2.05, 4.69) is 6.58 Å². The molecule has 0 aromatic heterocycles. The molecule has 3 fully saturated rings. The number of hydrogen-bond donors (Lipinski definition) is 4. The van der Waals surface area contributed by atoms with Gasteiger partial charge in [-0.2, -0.15) is 0 Å². The Balaban J connectivity index is 2.40. The highest BCUT2D eigenvalue weighted by Gasteiger charge is 2.85. The molecule has 8 atom stereocenters. The molecule has 30 heavy (non-hydrogen) atoms. The Morgan fingerprint density at radius 1 is 1.17 bits per heavy atom. The van der Waals surface area contributed by atoms with Gasteiger partial charge in [-0.05, 0) is 30.1 Å². The quantitative estimate of drug-likeness (QED) is 0.391.